The largest absolute Gasteiger partial charge is 0.480 e. The lowest BCUT2D eigenvalue weighted by molar-refractivity contribution is -0.137. The van der Waals surface area contributed by atoms with Crippen molar-refractivity contribution in [2.75, 3.05) is 5.32 Å². The van der Waals surface area contributed by atoms with Gasteiger partial charge in [0.1, 0.15) is 11.2 Å². The first-order valence-electron chi connectivity index (χ1n) is 4.35. The third-order valence-electron chi connectivity index (χ3n) is 1.84. The minimum absolute atomic E-state index is 0.351. The molecular formula is C9H10BrClN2O2. The average molecular weight is 294 g/mol. The molecule has 0 aliphatic heterocycles. The summed E-state index contributed by atoms with van der Waals surface area (Å²) in [5, 5.41) is 12.0. The van der Waals surface area contributed by atoms with Crippen LogP contribution >= 0.6 is 27.5 Å². The van der Waals surface area contributed by atoms with Crippen molar-refractivity contribution in [2.24, 2.45) is 0 Å². The second-order valence-corrected chi connectivity index (χ2v) is 4.15. The molecule has 0 spiro atoms. The molecule has 0 saturated heterocycles. The fourth-order valence-electron chi connectivity index (χ4n) is 1.04. The number of pyridine rings is 1. The van der Waals surface area contributed by atoms with E-state index in [1.165, 1.54) is 6.20 Å². The van der Waals surface area contributed by atoms with Crippen LogP contribution in [0.4, 0.5) is 5.69 Å². The Morgan fingerprint density at radius 1 is 1.80 bits per heavy atom. The quantitative estimate of drug-likeness (QED) is 0.838. The third-order valence-corrected chi connectivity index (χ3v) is 2.98. The number of nitrogens with one attached hydrogen (secondary N) is 1. The molecule has 15 heavy (non-hydrogen) atoms. The standard InChI is InChI=1S/C9H10BrClN2O2/c1-2-7(9(14)15)13-5-3-6(10)8(11)12-4-5/h3-4,7,13H,2H2,1H3,(H,14,15). The number of hydrogen-bond acceptors (Lipinski definition) is 3. The zero-order valence-electron chi connectivity index (χ0n) is 8.00. The highest BCUT2D eigenvalue weighted by molar-refractivity contribution is 9.10. The molecule has 1 rings (SSSR count). The van der Waals surface area contributed by atoms with Crippen LogP contribution in [0, 0.1) is 0 Å². The van der Waals surface area contributed by atoms with E-state index in [1.807, 2.05) is 0 Å². The highest BCUT2D eigenvalue weighted by atomic mass is 79.9. The lowest BCUT2D eigenvalue weighted by Gasteiger charge is -2.13. The van der Waals surface area contributed by atoms with E-state index in [0.29, 0.717) is 21.7 Å². The van der Waals surface area contributed by atoms with Crippen molar-refractivity contribution in [1.82, 2.24) is 4.98 Å². The Balaban J connectivity index is 2.80. The van der Waals surface area contributed by atoms with Gasteiger partial charge in [0.05, 0.1) is 16.4 Å². The molecule has 0 radical (unpaired) electrons. The smallest absolute Gasteiger partial charge is 0.326 e. The first-order chi connectivity index (χ1) is 7.04. The van der Waals surface area contributed by atoms with Gasteiger partial charge in [-0.05, 0) is 28.4 Å². The van der Waals surface area contributed by atoms with Gasteiger partial charge in [-0.1, -0.05) is 18.5 Å². The highest BCUT2D eigenvalue weighted by Gasteiger charge is 2.14. The first-order valence-corrected chi connectivity index (χ1v) is 5.52. The summed E-state index contributed by atoms with van der Waals surface area (Å²) in [6, 6.07) is 1.08. The Labute approximate surface area is 101 Å². The fourth-order valence-corrected chi connectivity index (χ4v) is 1.49. The number of carboxylic acids is 1. The van der Waals surface area contributed by atoms with E-state index in [2.05, 4.69) is 26.2 Å². The molecule has 1 unspecified atom stereocenters. The van der Waals surface area contributed by atoms with Crippen molar-refractivity contribution < 1.29 is 9.90 Å². The van der Waals surface area contributed by atoms with Crippen LogP contribution in [-0.2, 0) is 4.79 Å². The topological polar surface area (TPSA) is 62.2 Å². The van der Waals surface area contributed by atoms with Crippen molar-refractivity contribution in [2.45, 2.75) is 19.4 Å². The maximum Gasteiger partial charge on any atom is 0.326 e. The zero-order valence-corrected chi connectivity index (χ0v) is 10.3. The number of rotatable bonds is 4. The van der Waals surface area contributed by atoms with E-state index in [1.54, 1.807) is 13.0 Å². The van der Waals surface area contributed by atoms with Crippen LogP contribution in [0.3, 0.4) is 0 Å². The van der Waals surface area contributed by atoms with Crippen LogP contribution in [0.5, 0.6) is 0 Å². The van der Waals surface area contributed by atoms with Crippen LogP contribution in [0.2, 0.25) is 5.15 Å². The van der Waals surface area contributed by atoms with Gasteiger partial charge in [-0.15, -0.1) is 0 Å². The van der Waals surface area contributed by atoms with Crippen molar-refractivity contribution in [3.63, 3.8) is 0 Å². The number of aromatic nitrogens is 1. The van der Waals surface area contributed by atoms with Crippen LogP contribution in [-0.4, -0.2) is 22.1 Å². The van der Waals surface area contributed by atoms with Crippen molar-refractivity contribution in [1.29, 1.82) is 0 Å². The van der Waals surface area contributed by atoms with Crippen LogP contribution < -0.4 is 5.32 Å². The van der Waals surface area contributed by atoms with E-state index in [4.69, 9.17) is 16.7 Å². The van der Waals surface area contributed by atoms with Gasteiger partial charge in [-0.3, -0.25) is 0 Å². The van der Waals surface area contributed by atoms with E-state index >= 15 is 0 Å². The van der Waals surface area contributed by atoms with E-state index < -0.39 is 12.0 Å². The van der Waals surface area contributed by atoms with E-state index in [0.717, 1.165) is 0 Å². The summed E-state index contributed by atoms with van der Waals surface area (Å²) in [7, 11) is 0. The van der Waals surface area contributed by atoms with Crippen molar-refractivity contribution in [3.05, 3.63) is 21.9 Å². The molecule has 0 amide bonds. The fraction of sp³-hybridized carbons (Fsp3) is 0.333. The van der Waals surface area contributed by atoms with Crippen molar-refractivity contribution in [3.8, 4) is 0 Å². The molecule has 0 aliphatic carbocycles. The number of hydrogen-bond donors (Lipinski definition) is 2. The number of nitrogens with zero attached hydrogens (tertiary/aromatic N) is 1. The van der Waals surface area contributed by atoms with Gasteiger partial charge in [-0.25, -0.2) is 9.78 Å². The Morgan fingerprint density at radius 3 is 2.93 bits per heavy atom. The summed E-state index contributed by atoms with van der Waals surface area (Å²) in [6.07, 6.45) is 1.99. The van der Waals surface area contributed by atoms with Crippen LogP contribution in [0.25, 0.3) is 0 Å². The second-order valence-electron chi connectivity index (χ2n) is 2.94. The van der Waals surface area contributed by atoms with E-state index in [9.17, 15) is 4.79 Å². The van der Waals surface area contributed by atoms with Gasteiger partial charge in [0.15, 0.2) is 0 Å². The zero-order chi connectivity index (χ0) is 11.4. The first kappa shape index (κ1) is 12.3. The minimum Gasteiger partial charge on any atom is -0.480 e. The molecule has 0 bridgehead atoms. The minimum atomic E-state index is -0.886. The summed E-state index contributed by atoms with van der Waals surface area (Å²) in [5.41, 5.74) is 0.625. The maximum atomic E-state index is 10.8. The summed E-state index contributed by atoms with van der Waals surface area (Å²) < 4.78 is 0.634. The molecule has 0 aromatic carbocycles. The maximum absolute atomic E-state index is 10.8. The van der Waals surface area contributed by atoms with Gasteiger partial charge in [0.25, 0.3) is 0 Å². The highest BCUT2D eigenvalue weighted by Crippen LogP contribution is 2.23. The molecular weight excluding hydrogens is 283 g/mol. The molecule has 0 fully saturated rings. The van der Waals surface area contributed by atoms with Gasteiger partial charge in [0, 0.05) is 0 Å². The van der Waals surface area contributed by atoms with E-state index in [-0.39, 0.29) is 0 Å². The number of carbonyl (C=O) groups is 1. The molecule has 1 aromatic rings. The monoisotopic (exact) mass is 292 g/mol. The van der Waals surface area contributed by atoms with Crippen LogP contribution in [0.15, 0.2) is 16.7 Å². The number of anilines is 1. The Morgan fingerprint density at radius 2 is 2.47 bits per heavy atom. The van der Waals surface area contributed by atoms with Gasteiger partial charge in [-0.2, -0.15) is 0 Å². The lowest BCUT2D eigenvalue weighted by Crippen LogP contribution is -2.28. The summed E-state index contributed by atoms with van der Waals surface area (Å²) >= 11 is 8.92. The average Bonchev–Trinajstić information content (AvgIpc) is 2.19. The normalized spacial score (nSPS) is 12.2. The van der Waals surface area contributed by atoms with Gasteiger partial charge >= 0.3 is 5.97 Å². The predicted molar refractivity (Wildman–Crippen MR) is 62.3 cm³/mol. The van der Waals surface area contributed by atoms with Gasteiger partial charge < -0.3 is 10.4 Å². The molecule has 1 aromatic heterocycles. The Bertz CT molecular complexity index is 373. The molecule has 1 heterocycles. The number of carboxylic acid groups (broad SMARTS) is 1. The predicted octanol–water partition coefficient (Wildman–Crippen LogP) is 2.77. The SMILES string of the molecule is CCC(Nc1cnc(Cl)c(Br)c1)C(=O)O. The molecule has 4 nitrogen and oxygen atoms in total. The number of halogens is 2. The molecule has 2 N–H and O–H groups in total. The molecule has 82 valence electrons. The Kier molecular flexibility index (Phi) is 4.35. The molecule has 6 heteroatoms. The summed E-state index contributed by atoms with van der Waals surface area (Å²) in [4.78, 5) is 14.7. The lowest BCUT2D eigenvalue weighted by atomic mass is 10.2. The number of aliphatic carboxylic acids is 1. The molecule has 1 atom stereocenters. The molecule has 0 saturated carbocycles. The van der Waals surface area contributed by atoms with Crippen molar-refractivity contribution >= 4 is 39.2 Å². The second kappa shape index (κ2) is 5.32. The summed E-state index contributed by atoms with van der Waals surface area (Å²) in [5.74, 6) is -0.886. The molecule has 0 aliphatic rings. The summed E-state index contributed by atoms with van der Waals surface area (Å²) in [6.45, 7) is 1.80. The third kappa shape index (κ3) is 3.35. The van der Waals surface area contributed by atoms with Gasteiger partial charge in [0.2, 0.25) is 0 Å². The Hall–Kier alpha value is -0.810. The van der Waals surface area contributed by atoms with Crippen LogP contribution in [0.1, 0.15) is 13.3 Å².